The molecule has 2 aromatic carbocycles. The van der Waals surface area contributed by atoms with Crippen LogP contribution in [0.2, 0.25) is 0 Å². The van der Waals surface area contributed by atoms with Crippen molar-refractivity contribution in [1.29, 1.82) is 0 Å². The second kappa shape index (κ2) is 7.16. The van der Waals surface area contributed by atoms with Crippen LogP contribution in [-0.4, -0.2) is 13.2 Å². The predicted molar refractivity (Wildman–Crippen MR) is 90.3 cm³/mol. The Morgan fingerprint density at radius 2 is 1.76 bits per heavy atom. The van der Waals surface area contributed by atoms with Crippen LogP contribution >= 0.6 is 0 Å². The van der Waals surface area contributed by atoms with Crippen LogP contribution in [-0.2, 0) is 6.42 Å². The first-order chi connectivity index (χ1) is 10.1. The largest absolute Gasteiger partial charge is 0.496 e. The number of methoxy groups -OCH3 is 1. The Labute approximate surface area is 128 Å². The number of nitrogens with one attached hydrogen (secondary N) is 1. The Bertz CT molecular complexity index is 577. The monoisotopic (exact) mass is 283 g/mol. The van der Waals surface area contributed by atoms with Crippen LogP contribution in [0.25, 0.3) is 0 Å². The summed E-state index contributed by atoms with van der Waals surface area (Å²) < 4.78 is 5.42. The van der Waals surface area contributed by atoms with E-state index in [1.807, 2.05) is 12.1 Å². The van der Waals surface area contributed by atoms with Crippen molar-refractivity contribution in [3.8, 4) is 5.75 Å². The molecule has 0 radical (unpaired) electrons. The Hall–Kier alpha value is -1.96. The summed E-state index contributed by atoms with van der Waals surface area (Å²) in [6.07, 6.45) is 0.940. The molecule has 0 fully saturated rings. The van der Waals surface area contributed by atoms with Crippen molar-refractivity contribution in [2.24, 2.45) is 0 Å². The highest BCUT2D eigenvalue weighted by atomic mass is 16.5. The Balaban J connectivity index is 2.04. The molecule has 1 atom stereocenters. The van der Waals surface area contributed by atoms with E-state index in [9.17, 15) is 0 Å². The smallest absolute Gasteiger partial charge is 0.122 e. The first-order valence-corrected chi connectivity index (χ1v) is 7.58. The Morgan fingerprint density at radius 3 is 2.48 bits per heavy atom. The van der Waals surface area contributed by atoms with Crippen molar-refractivity contribution >= 4 is 5.69 Å². The molecule has 0 spiro atoms. The van der Waals surface area contributed by atoms with Crippen LogP contribution in [0, 0.1) is 0 Å². The van der Waals surface area contributed by atoms with Crippen LogP contribution in [0.4, 0.5) is 5.69 Å². The lowest BCUT2D eigenvalue weighted by atomic mass is 10.0. The molecule has 1 unspecified atom stereocenters. The Kier molecular flexibility index (Phi) is 5.26. The highest BCUT2D eigenvalue weighted by molar-refractivity contribution is 5.47. The molecule has 2 nitrogen and oxygen atoms in total. The van der Waals surface area contributed by atoms with Gasteiger partial charge in [-0.2, -0.15) is 0 Å². The van der Waals surface area contributed by atoms with Crippen LogP contribution in [0.1, 0.15) is 37.8 Å². The second-order valence-electron chi connectivity index (χ2n) is 5.84. The zero-order chi connectivity index (χ0) is 15.2. The fourth-order valence-electron chi connectivity index (χ4n) is 2.52. The first-order valence-electron chi connectivity index (χ1n) is 7.58. The van der Waals surface area contributed by atoms with Crippen molar-refractivity contribution in [1.82, 2.24) is 0 Å². The van der Waals surface area contributed by atoms with E-state index in [-0.39, 0.29) is 0 Å². The molecule has 0 saturated carbocycles. The third-order valence-electron chi connectivity index (χ3n) is 3.68. The third kappa shape index (κ3) is 4.25. The average molecular weight is 283 g/mol. The lowest BCUT2D eigenvalue weighted by Gasteiger charge is -2.18. The van der Waals surface area contributed by atoms with Gasteiger partial charge in [-0.15, -0.1) is 0 Å². The predicted octanol–water partition coefficient (Wildman–Crippen LogP) is 4.86. The number of hydrogen-bond donors (Lipinski definition) is 1. The summed E-state index contributed by atoms with van der Waals surface area (Å²) in [4.78, 5) is 0. The maximum atomic E-state index is 5.42. The summed E-state index contributed by atoms with van der Waals surface area (Å²) in [7, 11) is 1.73. The highest BCUT2D eigenvalue weighted by Gasteiger charge is 2.08. The molecule has 2 rings (SSSR count). The van der Waals surface area contributed by atoms with Crippen molar-refractivity contribution in [2.45, 2.75) is 39.2 Å². The van der Waals surface area contributed by atoms with Crippen molar-refractivity contribution < 1.29 is 4.74 Å². The van der Waals surface area contributed by atoms with E-state index in [4.69, 9.17) is 4.74 Å². The lowest BCUT2D eigenvalue weighted by molar-refractivity contribution is 0.409. The highest BCUT2D eigenvalue weighted by Crippen LogP contribution is 2.22. The molecule has 0 aliphatic rings. The van der Waals surface area contributed by atoms with Gasteiger partial charge in [0.05, 0.1) is 7.11 Å². The molecule has 0 aliphatic heterocycles. The van der Waals surface area contributed by atoms with Gasteiger partial charge in [0, 0.05) is 11.7 Å². The number of benzene rings is 2. The lowest BCUT2D eigenvalue weighted by Crippen LogP contribution is -2.18. The van der Waals surface area contributed by atoms with Crippen LogP contribution in [0.5, 0.6) is 5.75 Å². The molecular weight excluding hydrogens is 258 g/mol. The van der Waals surface area contributed by atoms with Gasteiger partial charge in [-0.25, -0.2) is 0 Å². The van der Waals surface area contributed by atoms with Crippen LogP contribution in [0.3, 0.4) is 0 Å². The molecule has 0 aliphatic carbocycles. The molecule has 0 bridgehead atoms. The summed E-state index contributed by atoms with van der Waals surface area (Å²) >= 11 is 0. The van der Waals surface area contributed by atoms with Crippen LogP contribution in [0.15, 0.2) is 48.5 Å². The molecule has 2 aromatic rings. The van der Waals surface area contributed by atoms with Crippen LogP contribution < -0.4 is 10.1 Å². The molecule has 0 amide bonds. The quantitative estimate of drug-likeness (QED) is 0.817. The minimum absolute atomic E-state index is 0.351. The molecule has 21 heavy (non-hydrogen) atoms. The zero-order valence-electron chi connectivity index (χ0n) is 13.4. The van der Waals surface area contributed by atoms with E-state index < -0.39 is 0 Å². The first kappa shape index (κ1) is 15.4. The van der Waals surface area contributed by atoms with Gasteiger partial charge in [-0.05, 0) is 48.6 Å². The fourth-order valence-corrected chi connectivity index (χ4v) is 2.52. The normalized spacial score (nSPS) is 12.2. The van der Waals surface area contributed by atoms with E-state index in [1.54, 1.807) is 7.11 Å². The molecule has 1 N–H and O–H groups in total. The van der Waals surface area contributed by atoms with E-state index in [0.717, 1.165) is 12.2 Å². The maximum Gasteiger partial charge on any atom is 0.122 e. The van der Waals surface area contributed by atoms with Gasteiger partial charge in [0.25, 0.3) is 0 Å². The summed E-state index contributed by atoms with van der Waals surface area (Å²) in [6, 6.07) is 17.2. The van der Waals surface area contributed by atoms with Gasteiger partial charge in [-0.3, -0.25) is 0 Å². The summed E-state index contributed by atoms with van der Waals surface area (Å²) in [6.45, 7) is 6.64. The number of anilines is 1. The van der Waals surface area contributed by atoms with Crippen molar-refractivity contribution in [3.05, 3.63) is 59.7 Å². The minimum Gasteiger partial charge on any atom is -0.496 e. The van der Waals surface area contributed by atoms with Gasteiger partial charge in [0.1, 0.15) is 5.75 Å². The third-order valence-corrected chi connectivity index (χ3v) is 3.68. The van der Waals surface area contributed by atoms with E-state index in [2.05, 4.69) is 62.5 Å². The summed E-state index contributed by atoms with van der Waals surface area (Å²) in [5.74, 6) is 1.51. The SMILES string of the molecule is COc1ccccc1CC(C)Nc1cccc(C(C)C)c1. The van der Waals surface area contributed by atoms with Gasteiger partial charge >= 0.3 is 0 Å². The van der Waals surface area contributed by atoms with E-state index in [0.29, 0.717) is 12.0 Å². The number of rotatable bonds is 6. The maximum absolute atomic E-state index is 5.42. The molecule has 0 heterocycles. The Morgan fingerprint density at radius 1 is 1.00 bits per heavy atom. The van der Waals surface area contributed by atoms with Gasteiger partial charge in [-0.1, -0.05) is 44.2 Å². The van der Waals surface area contributed by atoms with Crippen molar-refractivity contribution in [2.75, 3.05) is 12.4 Å². The number of ether oxygens (including phenoxy) is 1. The minimum atomic E-state index is 0.351. The molecule has 2 heteroatoms. The molecule has 0 aromatic heterocycles. The number of hydrogen-bond acceptors (Lipinski definition) is 2. The molecular formula is C19H25NO. The molecule has 112 valence electrons. The standard InChI is InChI=1S/C19H25NO/c1-14(2)16-9-7-10-18(13-16)20-15(3)12-17-8-5-6-11-19(17)21-4/h5-11,13-15,20H,12H2,1-4H3. The van der Waals surface area contributed by atoms with Gasteiger partial charge < -0.3 is 10.1 Å². The van der Waals surface area contributed by atoms with E-state index in [1.165, 1.54) is 16.8 Å². The fraction of sp³-hybridized carbons (Fsp3) is 0.368. The summed E-state index contributed by atoms with van der Waals surface area (Å²) in [5, 5.41) is 3.58. The summed E-state index contributed by atoms with van der Waals surface area (Å²) in [5.41, 5.74) is 3.79. The van der Waals surface area contributed by atoms with Crippen molar-refractivity contribution in [3.63, 3.8) is 0 Å². The average Bonchev–Trinajstić information content (AvgIpc) is 2.48. The zero-order valence-corrected chi connectivity index (χ0v) is 13.4. The second-order valence-corrected chi connectivity index (χ2v) is 5.84. The topological polar surface area (TPSA) is 21.3 Å². The molecule has 0 saturated heterocycles. The van der Waals surface area contributed by atoms with Gasteiger partial charge in [0.15, 0.2) is 0 Å². The van der Waals surface area contributed by atoms with E-state index >= 15 is 0 Å². The van der Waals surface area contributed by atoms with Gasteiger partial charge in [0.2, 0.25) is 0 Å². The number of para-hydroxylation sites is 1.